The average Bonchev–Trinajstić information content (AvgIpc) is 2.40. The van der Waals surface area contributed by atoms with Gasteiger partial charge < -0.3 is 9.84 Å². The SMILES string of the molecule is [2H]CC(C)(C)OC(=O)N(c1ccc(Cl)cc1)[C@@H](C)C(=O)O. The van der Waals surface area contributed by atoms with Crippen molar-refractivity contribution in [2.45, 2.75) is 39.3 Å². The van der Waals surface area contributed by atoms with Crippen LogP contribution in [0.25, 0.3) is 0 Å². The van der Waals surface area contributed by atoms with Crippen molar-refractivity contribution < 1.29 is 20.8 Å². The summed E-state index contributed by atoms with van der Waals surface area (Å²) in [7, 11) is 0. The van der Waals surface area contributed by atoms with Gasteiger partial charge in [0.05, 0.1) is 0 Å². The van der Waals surface area contributed by atoms with E-state index in [4.69, 9.17) is 22.8 Å². The Morgan fingerprint density at radius 1 is 1.40 bits per heavy atom. The van der Waals surface area contributed by atoms with Crippen LogP contribution in [-0.2, 0) is 9.53 Å². The quantitative estimate of drug-likeness (QED) is 0.927. The van der Waals surface area contributed by atoms with Gasteiger partial charge in [0.25, 0.3) is 0 Å². The second-order valence-electron chi connectivity index (χ2n) is 4.99. The van der Waals surface area contributed by atoms with E-state index in [1.54, 1.807) is 26.0 Å². The monoisotopic (exact) mass is 300 g/mol. The number of benzene rings is 1. The standard InChI is InChI=1S/C14H18ClNO4/c1-9(12(17)18)16(13(19)20-14(2,3)4)11-7-5-10(15)6-8-11/h5-9H,1-4H3,(H,17,18)/t9-/m0/s1/i2D. The van der Waals surface area contributed by atoms with Gasteiger partial charge >= 0.3 is 12.1 Å². The highest BCUT2D eigenvalue weighted by molar-refractivity contribution is 6.30. The molecule has 0 bridgehead atoms. The van der Waals surface area contributed by atoms with E-state index in [0.29, 0.717) is 10.7 Å². The zero-order valence-electron chi connectivity index (χ0n) is 12.6. The number of rotatable bonds is 3. The predicted octanol–water partition coefficient (Wildman–Crippen LogP) is 3.55. The van der Waals surface area contributed by atoms with Crippen molar-refractivity contribution in [2.24, 2.45) is 0 Å². The van der Waals surface area contributed by atoms with Crippen LogP contribution >= 0.6 is 11.6 Å². The van der Waals surface area contributed by atoms with Gasteiger partial charge in [-0.3, -0.25) is 4.90 Å². The topological polar surface area (TPSA) is 66.8 Å². The van der Waals surface area contributed by atoms with Crippen molar-refractivity contribution in [2.75, 3.05) is 4.90 Å². The molecule has 0 heterocycles. The molecule has 0 spiro atoms. The summed E-state index contributed by atoms with van der Waals surface area (Å²) in [6, 6.07) is 5.08. The summed E-state index contributed by atoms with van der Waals surface area (Å²) in [6.45, 7) is 4.42. The first kappa shape index (κ1) is 14.7. The van der Waals surface area contributed by atoms with Gasteiger partial charge in [-0.25, -0.2) is 9.59 Å². The lowest BCUT2D eigenvalue weighted by Gasteiger charge is -2.29. The molecule has 1 aromatic carbocycles. The van der Waals surface area contributed by atoms with Crippen LogP contribution in [0.2, 0.25) is 5.02 Å². The predicted molar refractivity (Wildman–Crippen MR) is 77.3 cm³/mol. The van der Waals surface area contributed by atoms with Gasteiger partial charge in [-0.05, 0) is 51.9 Å². The summed E-state index contributed by atoms with van der Waals surface area (Å²) in [5.41, 5.74) is -0.639. The minimum Gasteiger partial charge on any atom is -0.480 e. The first-order chi connectivity index (χ1) is 9.68. The molecule has 1 N–H and O–H groups in total. The van der Waals surface area contributed by atoms with Crippen LogP contribution in [-0.4, -0.2) is 28.8 Å². The molecule has 0 aromatic heterocycles. The second-order valence-corrected chi connectivity index (χ2v) is 5.42. The minimum absolute atomic E-state index is 0.130. The maximum Gasteiger partial charge on any atom is 0.415 e. The van der Waals surface area contributed by atoms with Crippen molar-refractivity contribution in [1.29, 1.82) is 0 Å². The fourth-order valence-electron chi connectivity index (χ4n) is 1.48. The fraction of sp³-hybridized carbons (Fsp3) is 0.429. The van der Waals surface area contributed by atoms with E-state index in [1.807, 2.05) is 0 Å². The van der Waals surface area contributed by atoms with E-state index < -0.39 is 23.7 Å². The smallest absolute Gasteiger partial charge is 0.415 e. The van der Waals surface area contributed by atoms with E-state index in [2.05, 4.69) is 0 Å². The molecule has 0 unspecified atom stereocenters. The van der Waals surface area contributed by atoms with Gasteiger partial charge in [0.1, 0.15) is 11.6 Å². The molecule has 0 saturated heterocycles. The van der Waals surface area contributed by atoms with E-state index in [0.717, 1.165) is 4.90 Å². The summed E-state index contributed by atoms with van der Waals surface area (Å²) in [6.07, 6.45) is -0.815. The van der Waals surface area contributed by atoms with Crippen molar-refractivity contribution in [1.82, 2.24) is 0 Å². The Labute approximate surface area is 124 Å². The molecule has 20 heavy (non-hydrogen) atoms. The molecule has 0 fully saturated rings. The van der Waals surface area contributed by atoms with E-state index >= 15 is 0 Å². The Balaban J connectivity index is 3.11. The van der Waals surface area contributed by atoms with E-state index in [-0.39, 0.29) is 6.90 Å². The Morgan fingerprint density at radius 2 is 1.95 bits per heavy atom. The Hall–Kier alpha value is -1.75. The summed E-state index contributed by atoms with van der Waals surface area (Å²) in [5.74, 6) is -1.16. The van der Waals surface area contributed by atoms with Crippen LogP contribution in [0.5, 0.6) is 0 Å². The Morgan fingerprint density at radius 3 is 2.40 bits per heavy atom. The van der Waals surface area contributed by atoms with Crippen LogP contribution in [0, 0.1) is 0 Å². The molecule has 6 heteroatoms. The van der Waals surface area contributed by atoms with Crippen molar-refractivity contribution in [3.63, 3.8) is 0 Å². The van der Waals surface area contributed by atoms with E-state index in [9.17, 15) is 9.59 Å². The second kappa shape index (κ2) is 6.13. The number of anilines is 1. The Bertz CT molecular complexity index is 518. The number of amides is 1. The third-order valence-electron chi connectivity index (χ3n) is 2.41. The fourth-order valence-corrected chi connectivity index (χ4v) is 1.61. The van der Waals surface area contributed by atoms with Crippen LogP contribution in [0.1, 0.15) is 29.0 Å². The van der Waals surface area contributed by atoms with Gasteiger partial charge in [0.15, 0.2) is 0 Å². The van der Waals surface area contributed by atoms with Crippen molar-refractivity contribution >= 4 is 29.4 Å². The zero-order chi connectivity index (χ0) is 16.2. The number of nitrogens with zero attached hydrogens (tertiary/aromatic N) is 1. The molecule has 0 aliphatic rings. The highest BCUT2D eigenvalue weighted by Gasteiger charge is 2.31. The first-order valence-electron chi connectivity index (χ1n) is 6.68. The summed E-state index contributed by atoms with van der Waals surface area (Å²) < 4.78 is 12.5. The largest absolute Gasteiger partial charge is 0.480 e. The first-order valence-corrected chi connectivity index (χ1v) is 6.35. The summed E-state index contributed by atoms with van der Waals surface area (Å²) in [5, 5.41) is 9.63. The molecule has 1 atom stereocenters. The summed E-state index contributed by atoms with van der Waals surface area (Å²) in [4.78, 5) is 24.5. The molecule has 0 saturated carbocycles. The normalized spacial score (nSPS) is 13.3. The van der Waals surface area contributed by atoms with Crippen molar-refractivity contribution in [3.05, 3.63) is 29.3 Å². The number of carboxylic acids is 1. The number of carbonyl (C=O) groups is 2. The number of hydrogen-bond acceptors (Lipinski definition) is 3. The lowest BCUT2D eigenvalue weighted by Crippen LogP contribution is -2.46. The van der Waals surface area contributed by atoms with Crippen LogP contribution in [0.15, 0.2) is 24.3 Å². The number of aliphatic carboxylic acids is 1. The van der Waals surface area contributed by atoms with E-state index in [1.165, 1.54) is 19.1 Å². The highest BCUT2D eigenvalue weighted by Crippen LogP contribution is 2.23. The van der Waals surface area contributed by atoms with Crippen molar-refractivity contribution in [3.8, 4) is 0 Å². The molecule has 1 rings (SSSR count). The summed E-state index contributed by atoms with van der Waals surface area (Å²) >= 11 is 5.79. The molecule has 5 nitrogen and oxygen atoms in total. The zero-order valence-corrected chi connectivity index (χ0v) is 12.3. The number of carbonyl (C=O) groups excluding carboxylic acids is 1. The van der Waals surface area contributed by atoms with Crippen LogP contribution in [0.3, 0.4) is 0 Å². The van der Waals surface area contributed by atoms with Gasteiger partial charge in [-0.1, -0.05) is 11.6 Å². The van der Waals surface area contributed by atoms with Gasteiger partial charge in [0.2, 0.25) is 0 Å². The van der Waals surface area contributed by atoms with Crippen LogP contribution < -0.4 is 4.90 Å². The third kappa shape index (κ3) is 4.42. The van der Waals surface area contributed by atoms with Gasteiger partial charge in [-0.15, -0.1) is 0 Å². The maximum absolute atomic E-state index is 12.3. The van der Waals surface area contributed by atoms with Gasteiger partial charge in [0, 0.05) is 12.1 Å². The molecule has 1 amide bonds. The maximum atomic E-state index is 12.3. The third-order valence-corrected chi connectivity index (χ3v) is 2.66. The lowest BCUT2D eigenvalue weighted by molar-refractivity contribution is -0.138. The molecular formula is C14H18ClNO4. The van der Waals surface area contributed by atoms with Gasteiger partial charge in [-0.2, -0.15) is 0 Å². The molecule has 1 aromatic rings. The Kier molecular flexibility index (Phi) is 4.49. The number of hydrogen-bond donors (Lipinski definition) is 1. The number of halogens is 1. The molecule has 110 valence electrons. The average molecular weight is 301 g/mol. The molecule has 0 radical (unpaired) electrons. The number of ether oxygens (including phenoxy) is 1. The molecule has 0 aliphatic heterocycles. The minimum atomic E-state index is -1.16. The van der Waals surface area contributed by atoms with Crippen LogP contribution in [0.4, 0.5) is 10.5 Å². The highest BCUT2D eigenvalue weighted by atomic mass is 35.5. The number of carboxylic acid groups (broad SMARTS) is 1. The molecule has 0 aliphatic carbocycles. The molecular weight excluding hydrogens is 282 g/mol. The lowest BCUT2D eigenvalue weighted by atomic mass is 10.2.